The normalized spacial score (nSPS) is 6.82. The second-order valence-corrected chi connectivity index (χ2v) is 1.80. The van der Waals surface area contributed by atoms with Gasteiger partial charge in [0.1, 0.15) is 5.78 Å². The van der Waals surface area contributed by atoms with Gasteiger partial charge in [-0.25, -0.2) is 0 Å². The van der Waals surface area contributed by atoms with Crippen molar-refractivity contribution in [3.8, 4) is 0 Å². The summed E-state index contributed by atoms with van der Waals surface area (Å²) < 4.78 is 0. The summed E-state index contributed by atoms with van der Waals surface area (Å²) >= 11 is 0. The third-order valence-corrected chi connectivity index (χ3v) is 0.800. The quantitative estimate of drug-likeness (QED) is 0.676. The van der Waals surface area contributed by atoms with E-state index < -0.39 is 5.97 Å². The molecule has 0 radical (unpaired) electrons. The second-order valence-electron chi connectivity index (χ2n) is 1.80. The topological polar surface area (TPSA) is 54.4 Å². The predicted octanol–water partition coefficient (Wildman–Crippen LogP) is 2.10. The molecule has 0 aliphatic rings. The highest BCUT2D eigenvalue weighted by atomic mass is 16.4. The molecule has 0 atom stereocenters. The van der Waals surface area contributed by atoms with Gasteiger partial charge in [0.2, 0.25) is 0 Å². The molecule has 0 aromatic rings. The van der Waals surface area contributed by atoms with Crippen LogP contribution in [0, 0.1) is 0 Å². The number of rotatable bonds is 2. The maximum atomic E-state index is 9.81. The highest BCUT2D eigenvalue weighted by Crippen LogP contribution is 1.71. The second kappa shape index (κ2) is 11.9. The molecule has 3 nitrogen and oxygen atoms in total. The van der Waals surface area contributed by atoms with E-state index in [0.29, 0.717) is 6.42 Å². The zero-order valence-electron chi connectivity index (χ0n) is 6.68. The summed E-state index contributed by atoms with van der Waals surface area (Å²) in [6, 6.07) is 0. The Morgan fingerprint density at radius 3 is 1.36 bits per heavy atom. The lowest BCUT2D eigenvalue weighted by Gasteiger charge is -1.71. The first kappa shape index (κ1) is 16.6. The number of ketones is 1. The van der Waals surface area contributed by atoms with E-state index >= 15 is 0 Å². The highest BCUT2D eigenvalue weighted by Gasteiger charge is 1.80. The van der Waals surface area contributed by atoms with Crippen molar-refractivity contribution in [1.82, 2.24) is 0 Å². The molecule has 68 valence electrons. The first-order chi connectivity index (χ1) is 4.54. The predicted molar refractivity (Wildman–Crippen MR) is 45.6 cm³/mol. The average molecular weight is 162 g/mol. The van der Waals surface area contributed by atoms with Crippen molar-refractivity contribution in [3.63, 3.8) is 0 Å². The molecule has 0 fully saturated rings. The van der Waals surface area contributed by atoms with Crippen molar-refractivity contribution in [2.24, 2.45) is 0 Å². The SMILES string of the molecule is C.CCC(=O)O.CCC(C)=O. The van der Waals surface area contributed by atoms with Crippen LogP contribution in [0.4, 0.5) is 0 Å². The van der Waals surface area contributed by atoms with Crippen LogP contribution in [0.1, 0.15) is 41.0 Å². The molecule has 0 bridgehead atoms. The fourth-order valence-corrected chi connectivity index (χ4v) is 0. The summed E-state index contributed by atoms with van der Waals surface area (Å²) in [6.45, 7) is 5.03. The summed E-state index contributed by atoms with van der Waals surface area (Å²) in [5.41, 5.74) is 0. The van der Waals surface area contributed by atoms with E-state index in [9.17, 15) is 9.59 Å². The van der Waals surface area contributed by atoms with Crippen LogP contribution in [-0.2, 0) is 9.59 Å². The van der Waals surface area contributed by atoms with Crippen LogP contribution >= 0.6 is 0 Å². The third kappa shape index (κ3) is 47.3. The van der Waals surface area contributed by atoms with Gasteiger partial charge in [-0.2, -0.15) is 0 Å². The van der Waals surface area contributed by atoms with Crippen molar-refractivity contribution < 1.29 is 14.7 Å². The fraction of sp³-hybridized carbons (Fsp3) is 0.750. The Labute approximate surface area is 68.4 Å². The van der Waals surface area contributed by atoms with Gasteiger partial charge in [0.25, 0.3) is 0 Å². The van der Waals surface area contributed by atoms with Gasteiger partial charge in [-0.05, 0) is 6.92 Å². The number of hydrogen-bond donors (Lipinski definition) is 1. The largest absolute Gasteiger partial charge is 0.481 e. The van der Waals surface area contributed by atoms with Crippen LogP contribution < -0.4 is 0 Å². The zero-order valence-corrected chi connectivity index (χ0v) is 6.68. The summed E-state index contributed by atoms with van der Waals surface area (Å²) in [5.74, 6) is -0.491. The van der Waals surface area contributed by atoms with Crippen molar-refractivity contribution in [1.29, 1.82) is 0 Å². The standard InChI is InChI=1S/C4H8O.C3H6O2.CH4/c1-3-4(2)5;1-2-3(4)5;/h3H2,1-2H3;2H2,1H3,(H,4,5);1H4. The molecule has 3 heteroatoms. The van der Waals surface area contributed by atoms with E-state index in [4.69, 9.17) is 5.11 Å². The lowest BCUT2D eigenvalue weighted by molar-refractivity contribution is -0.136. The third-order valence-electron chi connectivity index (χ3n) is 0.800. The highest BCUT2D eigenvalue weighted by molar-refractivity contribution is 5.74. The number of Topliss-reactive ketones (excluding diaryl/α,β-unsaturated/α-hetero) is 1. The molecular weight excluding hydrogens is 144 g/mol. The molecule has 1 N–H and O–H groups in total. The van der Waals surface area contributed by atoms with Crippen LogP contribution in [0.25, 0.3) is 0 Å². The zero-order chi connectivity index (χ0) is 8.57. The number of carboxylic acid groups (broad SMARTS) is 1. The lowest BCUT2D eigenvalue weighted by Crippen LogP contribution is -1.86. The van der Waals surface area contributed by atoms with Crippen LogP contribution in [-0.4, -0.2) is 16.9 Å². The summed E-state index contributed by atoms with van der Waals surface area (Å²) in [5, 5.41) is 7.72. The molecular formula is C8H18O3. The van der Waals surface area contributed by atoms with Crippen molar-refractivity contribution in [3.05, 3.63) is 0 Å². The van der Waals surface area contributed by atoms with Gasteiger partial charge in [0.15, 0.2) is 0 Å². The van der Waals surface area contributed by atoms with Gasteiger partial charge in [-0.1, -0.05) is 21.3 Å². The van der Waals surface area contributed by atoms with E-state index in [-0.39, 0.29) is 19.6 Å². The Bertz CT molecular complexity index is 93.9. The molecule has 0 saturated carbocycles. The minimum atomic E-state index is -0.745. The van der Waals surface area contributed by atoms with Gasteiger partial charge in [0.05, 0.1) is 0 Å². The van der Waals surface area contributed by atoms with Crippen LogP contribution in [0.3, 0.4) is 0 Å². The van der Waals surface area contributed by atoms with E-state index in [1.54, 1.807) is 13.8 Å². The Morgan fingerprint density at radius 1 is 1.18 bits per heavy atom. The molecule has 0 aromatic carbocycles. The fourth-order valence-electron chi connectivity index (χ4n) is 0. The van der Waals surface area contributed by atoms with Crippen LogP contribution in [0.15, 0.2) is 0 Å². The number of aliphatic carboxylic acids is 1. The van der Waals surface area contributed by atoms with Gasteiger partial charge in [-0.15, -0.1) is 0 Å². The van der Waals surface area contributed by atoms with Gasteiger partial charge in [-0.3, -0.25) is 4.79 Å². The molecule has 11 heavy (non-hydrogen) atoms. The summed E-state index contributed by atoms with van der Waals surface area (Å²) in [6.07, 6.45) is 0.889. The van der Waals surface area contributed by atoms with Crippen LogP contribution in [0.2, 0.25) is 0 Å². The van der Waals surface area contributed by atoms with Gasteiger partial charge >= 0.3 is 5.97 Å². The van der Waals surface area contributed by atoms with Crippen molar-refractivity contribution >= 4 is 11.8 Å². The van der Waals surface area contributed by atoms with E-state index in [1.165, 1.54) is 0 Å². The first-order valence-corrected chi connectivity index (χ1v) is 3.25. The maximum Gasteiger partial charge on any atom is 0.303 e. The van der Waals surface area contributed by atoms with Crippen LogP contribution in [0.5, 0.6) is 0 Å². The van der Waals surface area contributed by atoms with E-state index in [0.717, 1.165) is 0 Å². The smallest absolute Gasteiger partial charge is 0.303 e. The Balaban J connectivity index is -0.000000107. The molecule has 0 spiro atoms. The molecule has 0 aromatic heterocycles. The van der Waals surface area contributed by atoms with Crippen molar-refractivity contribution in [2.75, 3.05) is 0 Å². The minimum absolute atomic E-state index is 0. The summed E-state index contributed by atoms with van der Waals surface area (Å²) in [4.78, 5) is 19.2. The minimum Gasteiger partial charge on any atom is -0.481 e. The van der Waals surface area contributed by atoms with Gasteiger partial charge in [0, 0.05) is 12.8 Å². The molecule has 0 unspecified atom stereocenters. The summed E-state index contributed by atoms with van der Waals surface area (Å²) in [7, 11) is 0. The van der Waals surface area contributed by atoms with Crippen molar-refractivity contribution in [2.45, 2.75) is 41.0 Å². The van der Waals surface area contributed by atoms with E-state index in [2.05, 4.69) is 0 Å². The Hall–Kier alpha value is -0.860. The molecule has 0 saturated heterocycles. The lowest BCUT2D eigenvalue weighted by atomic mass is 10.4. The average Bonchev–Trinajstić information content (AvgIpc) is 1.89. The molecule has 0 aliphatic carbocycles. The Kier molecular flexibility index (Phi) is 17.9. The van der Waals surface area contributed by atoms with E-state index in [1.807, 2.05) is 6.92 Å². The molecule has 0 rings (SSSR count). The van der Waals surface area contributed by atoms with Gasteiger partial charge < -0.3 is 9.90 Å². The number of hydrogen-bond acceptors (Lipinski definition) is 2. The molecule has 0 amide bonds. The Morgan fingerprint density at radius 2 is 1.36 bits per heavy atom. The number of carbonyl (C=O) groups excluding carboxylic acids is 1. The monoisotopic (exact) mass is 162 g/mol. The number of carbonyl (C=O) groups is 2. The molecule has 0 aliphatic heterocycles. The maximum absolute atomic E-state index is 9.81. The number of carboxylic acids is 1. The first-order valence-electron chi connectivity index (χ1n) is 3.25. The molecule has 0 heterocycles.